The molecule has 1 atom stereocenters. The highest BCUT2D eigenvalue weighted by atomic mass is 16.5. The van der Waals surface area contributed by atoms with Gasteiger partial charge in [0.05, 0.1) is 6.61 Å². The molecule has 1 unspecified atom stereocenters. The molecule has 0 spiro atoms. The van der Waals surface area contributed by atoms with Gasteiger partial charge in [-0.2, -0.15) is 0 Å². The van der Waals surface area contributed by atoms with E-state index in [-0.39, 0.29) is 0 Å². The maximum atomic E-state index is 6.64. The monoisotopic (exact) mass is 392 g/mol. The predicted molar refractivity (Wildman–Crippen MR) is 123 cm³/mol. The van der Waals surface area contributed by atoms with Crippen LogP contribution in [-0.2, 0) is 23.4 Å². The van der Waals surface area contributed by atoms with Gasteiger partial charge >= 0.3 is 0 Å². The van der Waals surface area contributed by atoms with Gasteiger partial charge in [0.2, 0.25) is 0 Å². The summed E-state index contributed by atoms with van der Waals surface area (Å²) in [5.74, 6) is 0.806. The average molecular weight is 393 g/mol. The molecule has 0 amide bonds. The molecule has 0 heterocycles. The number of benzene rings is 3. The van der Waals surface area contributed by atoms with Crippen molar-refractivity contribution >= 4 is 0 Å². The Balaban J connectivity index is 1.43. The van der Waals surface area contributed by atoms with Crippen molar-refractivity contribution in [2.45, 2.75) is 43.8 Å². The van der Waals surface area contributed by atoms with Crippen LogP contribution in [0.25, 0.3) is 0 Å². The van der Waals surface area contributed by atoms with Crippen molar-refractivity contribution in [1.82, 2.24) is 0 Å². The third-order valence-electron chi connectivity index (χ3n) is 6.27. The van der Waals surface area contributed by atoms with E-state index in [2.05, 4.69) is 97.1 Å². The molecule has 0 aromatic heterocycles. The molecular weight excluding hydrogens is 364 g/mol. The van der Waals surface area contributed by atoms with Crippen molar-refractivity contribution in [2.75, 3.05) is 0 Å². The molecule has 0 aliphatic heterocycles. The van der Waals surface area contributed by atoms with Crippen molar-refractivity contribution in [3.8, 4) is 0 Å². The molecule has 1 saturated carbocycles. The van der Waals surface area contributed by atoms with Crippen molar-refractivity contribution < 1.29 is 4.74 Å². The van der Waals surface area contributed by atoms with Gasteiger partial charge in [-0.15, -0.1) is 0 Å². The molecule has 2 aliphatic rings. The second-order valence-corrected chi connectivity index (χ2v) is 8.50. The third-order valence-corrected chi connectivity index (χ3v) is 6.27. The van der Waals surface area contributed by atoms with Crippen LogP contribution in [0.4, 0.5) is 0 Å². The van der Waals surface area contributed by atoms with Crippen LogP contribution in [0.2, 0.25) is 0 Å². The van der Waals surface area contributed by atoms with Gasteiger partial charge in [-0.05, 0) is 59.1 Å². The Kier molecular flexibility index (Phi) is 5.38. The summed E-state index contributed by atoms with van der Waals surface area (Å²) in [5.41, 5.74) is 6.25. The molecule has 1 nitrogen and oxygen atoms in total. The van der Waals surface area contributed by atoms with E-state index in [0.29, 0.717) is 6.61 Å². The molecule has 1 fully saturated rings. The second kappa shape index (κ2) is 8.45. The fourth-order valence-corrected chi connectivity index (χ4v) is 4.40. The van der Waals surface area contributed by atoms with E-state index >= 15 is 0 Å². The number of allylic oxidation sites excluding steroid dienone is 2. The van der Waals surface area contributed by atoms with Gasteiger partial charge in [0.15, 0.2) is 0 Å². The Hall–Kier alpha value is -2.90. The topological polar surface area (TPSA) is 9.23 Å². The van der Waals surface area contributed by atoms with Gasteiger partial charge in [0.25, 0.3) is 0 Å². The van der Waals surface area contributed by atoms with Crippen molar-refractivity contribution in [1.29, 1.82) is 0 Å². The largest absolute Gasteiger partial charge is 0.361 e. The summed E-state index contributed by atoms with van der Waals surface area (Å²) < 4.78 is 6.64. The first-order chi connectivity index (χ1) is 14.8. The molecule has 3 aromatic carbocycles. The number of hydrogen-bond acceptors (Lipinski definition) is 1. The normalized spacial score (nSPS) is 20.4. The summed E-state index contributed by atoms with van der Waals surface area (Å²) in [6, 6.07) is 28.5. The zero-order chi connectivity index (χ0) is 20.2. The number of rotatable bonds is 7. The maximum Gasteiger partial charge on any atom is 0.116 e. The van der Waals surface area contributed by atoms with Gasteiger partial charge in [-0.25, -0.2) is 0 Å². The van der Waals surface area contributed by atoms with Crippen LogP contribution in [-0.4, -0.2) is 0 Å². The highest BCUT2D eigenvalue weighted by Crippen LogP contribution is 2.40. The van der Waals surface area contributed by atoms with Crippen molar-refractivity contribution in [2.24, 2.45) is 0 Å². The van der Waals surface area contributed by atoms with Crippen LogP contribution in [0.3, 0.4) is 0 Å². The van der Waals surface area contributed by atoms with E-state index in [4.69, 9.17) is 4.74 Å². The van der Waals surface area contributed by atoms with E-state index < -0.39 is 5.60 Å². The zero-order valence-electron chi connectivity index (χ0n) is 17.3. The van der Waals surface area contributed by atoms with Gasteiger partial charge in [0, 0.05) is 6.42 Å². The quantitative estimate of drug-likeness (QED) is 0.417. The minimum absolute atomic E-state index is 0.421. The molecule has 0 bridgehead atoms. The first-order valence-corrected chi connectivity index (χ1v) is 11.0. The van der Waals surface area contributed by atoms with Crippen LogP contribution < -0.4 is 0 Å². The van der Waals surface area contributed by atoms with Crippen LogP contribution in [0.15, 0.2) is 103 Å². The van der Waals surface area contributed by atoms with Crippen LogP contribution in [0, 0.1) is 0 Å². The van der Waals surface area contributed by atoms with Crippen molar-refractivity contribution in [3.63, 3.8) is 0 Å². The Morgan fingerprint density at radius 2 is 1.53 bits per heavy atom. The highest BCUT2D eigenvalue weighted by Gasteiger charge is 2.32. The highest BCUT2D eigenvalue weighted by molar-refractivity contribution is 5.42. The lowest BCUT2D eigenvalue weighted by Gasteiger charge is -2.34. The van der Waals surface area contributed by atoms with Crippen molar-refractivity contribution in [3.05, 3.63) is 131 Å². The Labute approximate surface area is 179 Å². The average Bonchev–Trinajstić information content (AvgIpc) is 3.66. The molecule has 0 N–H and O–H groups in total. The van der Waals surface area contributed by atoms with Crippen LogP contribution in [0.1, 0.15) is 53.0 Å². The van der Waals surface area contributed by atoms with Gasteiger partial charge in [-0.3, -0.25) is 0 Å². The van der Waals surface area contributed by atoms with E-state index in [1.807, 2.05) is 6.07 Å². The summed E-state index contributed by atoms with van der Waals surface area (Å²) in [6.45, 7) is 0.601. The number of hydrogen-bond donors (Lipinski definition) is 0. The van der Waals surface area contributed by atoms with Crippen LogP contribution >= 0.6 is 0 Å². The molecule has 150 valence electrons. The molecule has 1 heteroatoms. The second-order valence-electron chi connectivity index (χ2n) is 8.50. The van der Waals surface area contributed by atoms with Gasteiger partial charge < -0.3 is 4.74 Å². The zero-order valence-corrected chi connectivity index (χ0v) is 17.3. The smallest absolute Gasteiger partial charge is 0.116 e. The summed E-state index contributed by atoms with van der Waals surface area (Å²) in [5, 5.41) is 0. The molecule has 5 rings (SSSR count). The molecule has 30 heavy (non-hydrogen) atoms. The maximum absolute atomic E-state index is 6.64. The minimum atomic E-state index is -0.421. The van der Waals surface area contributed by atoms with E-state index in [1.165, 1.54) is 40.7 Å². The van der Waals surface area contributed by atoms with E-state index in [0.717, 1.165) is 18.8 Å². The van der Waals surface area contributed by atoms with Gasteiger partial charge in [0.1, 0.15) is 5.60 Å². The molecule has 3 aromatic rings. The number of ether oxygens (including phenoxy) is 1. The van der Waals surface area contributed by atoms with Crippen LogP contribution in [0.5, 0.6) is 0 Å². The summed E-state index contributed by atoms with van der Waals surface area (Å²) in [7, 11) is 0. The molecule has 2 aliphatic carbocycles. The van der Waals surface area contributed by atoms with E-state index in [9.17, 15) is 0 Å². The Bertz CT molecular complexity index is 1040. The third kappa shape index (κ3) is 4.17. The van der Waals surface area contributed by atoms with Gasteiger partial charge in [-0.1, -0.05) is 97.1 Å². The first-order valence-electron chi connectivity index (χ1n) is 11.0. The fourth-order valence-electron chi connectivity index (χ4n) is 4.40. The predicted octanol–water partition coefficient (Wildman–Crippen LogP) is 7.08. The lowest BCUT2D eigenvalue weighted by Crippen LogP contribution is -2.29. The lowest BCUT2D eigenvalue weighted by molar-refractivity contribution is -0.0239. The Morgan fingerprint density at radius 3 is 2.27 bits per heavy atom. The SMILES string of the molecule is C1=CCC(OCc2ccccc2)(c2ccccc2Cc2ccc(C3CC3)cc2)C=C1. The molecule has 0 radical (unpaired) electrons. The summed E-state index contributed by atoms with van der Waals surface area (Å²) >= 11 is 0. The fraction of sp³-hybridized carbons (Fsp3) is 0.241. The molecule has 0 saturated heterocycles. The molecular formula is C29H28O. The lowest BCUT2D eigenvalue weighted by atomic mass is 9.82. The van der Waals surface area contributed by atoms with E-state index in [1.54, 1.807) is 0 Å². The summed E-state index contributed by atoms with van der Waals surface area (Å²) in [4.78, 5) is 0. The first kappa shape index (κ1) is 19.1. The minimum Gasteiger partial charge on any atom is -0.361 e. The standard InChI is InChI=1S/C29H28O/c1-3-9-24(10-4-1)22-30-29(19-7-2-8-20-29)28-12-6-5-11-27(28)21-23-13-15-25(16-14-23)26-17-18-26/h1-16,19,26H,17-18,20-22H2. The Morgan fingerprint density at radius 1 is 0.767 bits per heavy atom. The summed E-state index contributed by atoms with van der Waals surface area (Å²) in [6.07, 6.45) is 13.2.